The molecule has 6 nitrogen and oxygen atoms in total. The Labute approximate surface area is 119 Å². The molecule has 3 rings (SSSR count). The van der Waals surface area contributed by atoms with E-state index in [1.807, 2.05) is 18.2 Å². The second kappa shape index (κ2) is 5.38. The fourth-order valence-corrected chi connectivity index (χ4v) is 2.52. The molecular formula is C13H13N3O3S. The molecule has 0 unspecified atom stereocenters. The first-order valence-electron chi connectivity index (χ1n) is 6.06. The molecule has 1 aromatic carbocycles. The van der Waals surface area contributed by atoms with Gasteiger partial charge >= 0.3 is 0 Å². The molecule has 0 saturated carbocycles. The van der Waals surface area contributed by atoms with E-state index in [4.69, 9.17) is 15.2 Å². The number of nitrogens with one attached hydrogen (secondary N) is 1. The highest BCUT2D eigenvalue weighted by molar-refractivity contribution is 7.13. The predicted molar refractivity (Wildman–Crippen MR) is 74.6 cm³/mol. The SMILES string of the molecule is Nc1nc(CC(=O)NCc2cccc3c2OCO3)cs1. The third kappa shape index (κ3) is 2.67. The number of rotatable bonds is 4. The van der Waals surface area contributed by atoms with Crippen molar-refractivity contribution < 1.29 is 14.3 Å². The van der Waals surface area contributed by atoms with Gasteiger partial charge in [-0.1, -0.05) is 12.1 Å². The van der Waals surface area contributed by atoms with E-state index in [2.05, 4.69) is 10.3 Å². The van der Waals surface area contributed by atoms with Crippen LogP contribution in [0.5, 0.6) is 11.5 Å². The van der Waals surface area contributed by atoms with Crippen LogP contribution >= 0.6 is 11.3 Å². The molecule has 1 aliphatic rings. The number of hydrogen-bond acceptors (Lipinski definition) is 6. The van der Waals surface area contributed by atoms with E-state index in [0.717, 1.165) is 5.56 Å². The summed E-state index contributed by atoms with van der Waals surface area (Å²) in [5.41, 5.74) is 7.10. The van der Waals surface area contributed by atoms with Crippen LogP contribution in [0.25, 0.3) is 0 Å². The Morgan fingerprint density at radius 1 is 1.45 bits per heavy atom. The van der Waals surface area contributed by atoms with E-state index >= 15 is 0 Å². The van der Waals surface area contributed by atoms with Crippen molar-refractivity contribution in [1.82, 2.24) is 10.3 Å². The van der Waals surface area contributed by atoms with Crippen LogP contribution < -0.4 is 20.5 Å². The predicted octanol–water partition coefficient (Wildman–Crippen LogP) is 1.31. The zero-order chi connectivity index (χ0) is 13.9. The van der Waals surface area contributed by atoms with Crippen molar-refractivity contribution >= 4 is 22.4 Å². The van der Waals surface area contributed by atoms with Gasteiger partial charge in [-0.15, -0.1) is 11.3 Å². The molecule has 2 aromatic rings. The highest BCUT2D eigenvalue weighted by Crippen LogP contribution is 2.35. The minimum atomic E-state index is -0.105. The molecule has 0 fully saturated rings. The Morgan fingerprint density at radius 2 is 2.35 bits per heavy atom. The van der Waals surface area contributed by atoms with Crippen molar-refractivity contribution in [2.24, 2.45) is 0 Å². The maximum absolute atomic E-state index is 11.8. The normalized spacial score (nSPS) is 12.4. The number of ether oxygens (including phenoxy) is 2. The van der Waals surface area contributed by atoms with Crippen LogP contribution in [0.2, 0.25) is 0 Å². The average Bonchev–Trinajstić information content (AvgIpc) is 3.05. The summed E-state index contributed by atoms with van der Waals surface area (Å²) in [7, 11) is 0. The Bertz CT molecular complexity index is 642. The number of hydrogen-bond donors (Lipinski definition) is 2. The molecule has 0 aliphatic carbocycles. The van der Waals surface area contributed by atoms with Crippen LogP contribution in [0.15, 0.2) is 23.6 Å². The van der Waals surface area contributed by atoms with Gasteiger partial charge in [-0.2, -0.15) is 0 Å². The van der Waals surface area contributed by atoms with Gasteiger partial charge in [0.2, 0.25) is 12.7 Å². The van der Waals surface area contributed by atoms with Crippen molar-refractivity contribution in [3.05, 3.63) is 34.8 Å². The molecule has 3 N–H and O–H groups in total. The molecule has 1 aliphatic heterocycles. The van der Waals surface area contributed by atoms with Crippen LogP contribution in [0.4, 0.5) is 5.13 Å². The zero-order valence-corrected chi connectivity index (χ0v) is 11.4. The first kappa shape index (κ1) is 12.7. The Morgan fingerprint density at radius 3 is 3.15 bits per heavy atom. The number of benzene rings is 1. The standard InChI is InChI=1S/C13H13N3O3S/c14-13-16-9(6-20-13)4-11(17)15-5-8-2-1-3-10-12(8)19-7-18-10/h1-3,6H,4-5,7H2,(H2,14,16)(H,15,17). The van der Waals surface area contributed by atoms with E-state index in [0.29, 0.717) is 28.9 Å². The van der Waals surface area contributed by atoms with Crippen molar-refractivity contribution in [2.45, 2.75) is 13.0 Å². The molecular weight excluding hydrogens is 278 g/mol. The molecule has 104 valence electrons. The van der Waals surface area contributed by atoms with Crippen molar-refractivity contribution in [2.75, 3.05) is 12.5 Å². The monoisotopic (exact) mass is 291 g/mol. The van der Waals surface area contributed by atoms with Crippen LogP contribution in [-0.2, 0) is 17.8 Å². The van der Waals surface area contributed by atoms with E-state index in [-0.39, 0.29) is 19.1 Å². The number of carbonyl (C=O) groups is 1. The first-order valence-corrected chi connectivity index (χ1v) is 6.94. The van der Waals surface area contributed by atoms with Crippen molar-refractivity contribution in [1.29, 1.82) is 0 Å². The lowest BCUT2D eigenvalue weighted by Gasteiger charge is -2.07. The van der Waals surface area contributed by atoms with Crippen LogP contribution in [0.1, 0.15) is 11.3 Å². The molecule has 0 radical (unpaired) electrons. The minimum absolute atomic E-state index is 0.105. The largest absolute Gasteiger partial charge is 0.454 e. The van der Waals surface area contributed by atoms with Crippen molar-refractivity contribution in [3.8, 4) is 11.5 Å². The van der Waals surface area contributed by atoms with E-state index in [1.54, 1.807) is 5.38 Å². The third-order valence-electron chi connectivity index (χ3n) is 2.87. The minimum Gasteiger partial charge on any atom is -0.454 e. The molecule has 0 bridgehead atoms. The van der Waals surface area contributed by atoms with E-state index in [9.17, 15) is 4.79 Å². The van der Waals surface area contributed by atoms with E-state index < -0.39 is 0 Å². The smallest absolute Gasteiger partial charge is 0.231 e. The van der Waals surface area contributed by atoms with Gasteiger partial charge in [0.1, 0.15) is 0 Å². The van der Waals surface area contributed by atoms with Crippen LogP contribution in [-0.4, -0.2) is 17.7 Å². The molecule has 1 aromatic heterocycles. The maximum atomic E-state index is 11.8. The summed E-state index contributed by atoms with van der Waals surface area (Å²) in [5.74, 6) is 1.31. The molecule has 0 spiro atoms. The van der Waals surface area contributed by atoms with Gasteiger partial charge in [0.25, 0.3) is 0 Å². The second-order valence-electron chi connectivity index (χ2n) is 4.28. The number of nitrogen functional groups attached to an aromatic ring is 1. The number of aromatic nitrogens is 1. The fraction of sp³-hybridized carbons (Fsp3) is 0.231. The molecule has 2 heterocycles. The summed E-state index contributed by atoms with van der Waals surface area (Å²) in [6.45, 7) is 0.614. The zero-order valence-electron chi connectivity index (χ0n) is 10.6. The van der Waals surface area contributed by atoms with Gasteiger partial charge in [0, 0.05) is 17.5 Å². The summed E-state index contributed by atoms with van der Waals surface area (Å²) in [6, 6.07) is 5.61. The highest BCUT2D eigenvalue weighted by Gasteiger charge is 2.17. The first-order chi connectivity index (χ1) is 9.72. The number of para-hydroxylation sites is 1. The number of nitrogens with two attached hydrogens (primary N) is 1. The number of carbonyl (C=O) groups excluding carboxylic acids is 1. The Kier molecular flexibility index (Phi) is 3.42. The summed E-state index contributed by atoms with van der Waals surface area (Å²) in [5, 5.41) is 5.09. The van der Waals surface area contributed by atoms with Gasteiger partial charge < -0.3 is 20.5 Å². The summed E-state index contributed by atoms with van der Waals surface area (Å²) in [6.07, 6.45) is 0.222. The van der Waals surface area contributed by atoms with Gasteiger partial charge in [0.05, 0.1) is 12.1 Å². The highest BCUT2D eigenvalue weighted by atomic mass is 32.1. The molecule has 0 atom stereocenters. The maximum Gasteiger partial charge on any atom is 0.231 e. The van der Waals surface area contributed by atoms with Gasteiger partial charge in [-0.25, -0.2) is 4.98 Å². The van der Waals surface area contributed by atoms with Crippen LogP contribution in [0.3, 0.4) is 0 Å². The fourth-order valence-electron chi connectivity index (χ4n) is 1.95. The van der Waals surface area contributed by atoms with Gasteiger partial charge in [-0.3, -0.25) is 4.79 Å². The molecule has 1 amide bonds. The average molecular weight is 291 g/mol. The summed E-state index contributed by atoms with van der Waals surface area (Å²) in [4.78, 5) is 15.9. The Balaban J connectivity index is 1.60. The number of fused-ring (bicyclic) bond motifs is 1. The number of anilines is 1. The molecule has 20 heavy (non-hydrogen) atoms. The third-order valence-corrected chi connectivity index (χ3v) is 3.59. The molecule has 7 heteroatoms. The second-order valence-corrected chi connectivity index (χ2v) is 5.17. The Hall–Kier alpha value is -2.28. The number of amides is 1. The molecule has 0 saturated heterocycles. The quantitative estimate of drug-likeness (QED) is 0.887. The number of thiazole rings is 1. The van der Waals surface area contributed by atoms with Gasteiger partial charge in [-0.05, 0) is 6.07 Å². The summed E-state index contributed by atoms with van der Waals surface area (Å²) >= 11 is 1.33. The van der Waals surface area contributed by atoms with Gasteiger partial charge in [0.15, 0.2) is 16.6 Å². The number of nitrogens with zero attached hydrogens (tertiary/aromatic N) is 1. The van der Waals surface area contributed by atoms with Crippen molar-refractivity contribution in [3.63, 3.8) is 0 Å². The lowest BCUT2D eigenvalue weighted by molar-refractivity contribution is -0.120. The van der Waals surface area contributed by atoms with E-state index in [1.165, 1.54) is 11.3 Å². The lowest BCUT2D eigenvalue weighted by atomic mass is 10.2. The topological polar surface area (TPSA) is 86.5 Å². The van der Waals surface area contributed by atoms with Crippen LogP contribution in [0, 0.1) is 0 Å². The lowest BCUT2D eigenvalue weighted by Crippen LogP contribution is -2.24. The summed E-state index contributed by atoms with van der Waals surface area (Å²) < 4.78 is 10.7.